The molecule has 3 heterocycles. The van der Waals surface area contributed by atoms with E-state index in [2.05, 4.69) is 20.2 Å². The Kier molecular flexibility index (Phi) is 3.00. The molecule has 0 bridgehead atoms. The third-order valence-electron chi connectivity index (χ3n) is 3.28. The van der Waals surface area contributed by atoms with Crippen molar-refractivity contribution in [3.05, 3.63) is 30.6 Å². The minimum atomic E-state index is -1.04. The quantitative estimate of drug-likeness (QED) is 0.798. The fraction of sp³-hybridized carbons (Fsp3) is 0.455. The van der Waals surface area contributed by atoms with E-state index in [9.17, 15) is 4.79 Å². The van der Waals surface area contributed by atoms with Crippen molar-refractivity contribution >= 4 is 5.97 Å². The largest absolute Gasteiger partial charge is 0.476 e. The van der Waals surface area contributed by atoms with Crippen LogP contribution in [0.3, 0.4) is 0 Å². The molecule has 19 heavy (non-hydrogen) atoms. The molecule has 1 N–H and O–H groups in total. The van der Waals surface area contributed by atoms with Crippen LogP contribution in [0.4, 0.5) is 0 Å². The highest BCUT2D eigenvalue weighted by Crippen LogP contribution is 2.19. The summed E-state index contributed by atoms with van der Waals surface area (Å²) in [4.78, 5) is 17.0. The number of aromatic nitrogens is 5. The Morgan fingerprint density at radius 2 is 2.26 bits per heavy atom. The normalized spacial score (nSPS) is 16.4. The monoisotopic (exact) mass is 262 g/mol. The summed E-state index contributed by atoms with van der Waals surface area (Å²) in [6.45, 7) is 3.60. The summed E-state index contributed by atoms with van der Waals surface area (Å²) in [7, 11) is 0. The Morgan fingerprint density at radius 3 is 2.89 bits per heavy atom. The average Bonchev–Trinajstić information content (AvgIpc) is 2.96. The first-order valence-corrected chi connectivity index (χ1v) is 6.05. The molecule has 0 unspecified atom stereocenters. The molecule has 0 aromatic carbocycles. The maximum absolute atomic E-state index is 10.7. The van der Waals surface area contributed by atoms with E-state index in [1.807, 2.05) is 10.8 Å². The Bertz CT molecular complexity index is 558. The molecule has 0 saturated carbocycles. The molecule has 1 aliphatic rings. The highest BCUT2D eigenvalue weighted by Gasteiger charge is 2.29. The SMILES string of the molecule is O=C(O)c1cn(C2CN(CCn3ccnc3)C2)nn1. The van der Waals surface area contributed by atoms with E-state index in [0.717, 1.165) is 26.2 Å². The first-order valence-electron chi connectivity index (χ1n) is 6.05. The minimum Gasteiger partial charge on any atom is -0.476 e. The van der Waals surface area contributed by atoms with Crippen LogP contribution in [0.1, 0.15) is 16.5 Å². The number of rotatable bonds is 5. The van der Waals surface area contributed by atoms with Crippen molar-refractivity contribution in [2.75, 3.05) is 19.6 Å². The van der Waals surface area contributed by atoms with Gasteiger partial charge in [0.1, 0.15) is 0 Å². The van der Waals surface area contributed by atoms with Crippen LogP contribution in [0.25, 0.3) is 0 Å². The molecule has 0 spiro atoms. The van der Waals surface area contributed by atoms with Gasteiger partial charge in [0.15, 0.2) is 5.69 Å². The molecule has 3 rings (SSSR count). The van der Waals surface area contributed by atoms with Gasteiger partial charge in [-0.05, 0) is 0 Å². The Hall–Kier alpha value is -2.22. The molecule has 2 aromatic heterocycles. The van der Waals surface area contributed by atoms with Crippen molar-refractivity contribution in [3.8, 4) is 0 Å². The molecular formula is C11H14N6O2. The van der Waals surface area contributed by atoms with Gasteiger partial charge in [0.2, 0.25) is 0 Å². The number of nitrogens with zero attached hydrogens (tertiary/aromatic N) is 6. The van der Waals surface area contributed by atoms with Gasteiger partial charge in [-0.15, -0.1) is 5.10 Å². The van der Waals surface area contributed by atoms with Gasteiger partial charge in [-0.3, -0.25) is 4.90 Å². The topological polar surface area (TPSA) is 89.1 Å². The summed E-state index contributed by atoms with van der Waals surface area (Å²) in [5.74, 6) is -1.04. The van der Waals surface area contributed by atoms with E-state index in [4.69, 9.17) is 5.11 Å². The summed E-state index contributed by atoms with van der Waals surface area (Å²) in [5.41, 5.74) is -0.00290. The maximum Gasteiger partial charge on any atom is 0.358 e. The van der Waals surface area contributed by atoms with E-state index >= 15 is 0 Å². The Morgan fingerprint density at radius 1 is 1.42 bits per heavy atom. The lowest BCUT2D eigenvalue weighted by atomic mass is 10.1. The van der Waals surface area contributed by atoms with E-state index in [-0.39, 0.29) is 11.7 Å². The van der Waals surface area contributed by atoms with Crippen LogP contribution in [0.5, 0.6) is 0 Å². The summed E-state index contributed by atoms with van der Waals surface area (Å²) in [6, 6.07) is 0.225. The average molecular weight is 262 g/mol. The minimum absolute atomic E-state index is 0.00290. The molecule has 8 heteroatoms. The van der Waals surface area contributed by atoms with E-state index in [1.54, 1.807) is 17.2 Å². The lowest BCUT2D eigenvalue weighted by Crippen LogP contribution is -2.48. The van der Waals surface area contributed by atoms with Crippen molar-refractivity contribution in [1.29, 1.82) is 0 Å². The van der Waals surface area contributed by atoms with Gasteiger partial charge < -0.3 is 9.67 Å². The highest BCUT2D eigenvalue weighted by molar-refractivity contribution is 5.84. The fourth-order valence-electron chi connectivity index (χ4n) is 2.12. The molecule has 1 fully saturated rings. The number of hydrogen-bond acceptors (Lipinski definition) is 5. The number of likely N-dealkylation sites (tertiary alicyclic amines) is 1. The van der Waals surface area contributed by atoms with E-state index in [0.29, 0.717) is 0 Å². The number of carboxylic acids is 1. The number of hydrogen-bond donors (Lipinski definition) is 1. The summed E-state index contributed by atoms with van der Waals surface area (Å²) < 4.78 is 3.67. The van der Waals surface area contributed by atoms with Gasteiger partial charge in [-0.1, -0.05) is 5.21 Å². The number of carbonyl (C=O) groups is 1. The van der Waals surface area contributed by atoms with Gasteiger partial charge in [0.25, 0.3) is 0 Å². The van der Waals surface area contributed by atoms with Crippen molar-refractivity contribution < 1.29 is 9.90 Å². The van der Waals surface area contributed by atoms with Crippen LogP contribution in [-0.4, -0.2) is 60.2 Å². The molecule has 0 aliphatic carbocycles. The zero-order chi connectivity index (χ0) is 13.2. The second-order valence-electron chi connectivity index (χ2n) is 4.60. The van der Waals surface area contributed by atoms with Gasteiger partial charge in [-0.2, -0.15) is 0 Å². The number of imidazole rings is 1. The molecule has 8 nitrogen and oxygen atoms in total. The predicted molar refractivity (Wildman–Crippen MR) is 64.7 cm³/mol. The molecule has 1 aliphatic heterocycles. The number of aromatic carboxylic acids is 1. The summed E-state index contributed by atoms with van der Waals surface area (Å²) >= 11 is 0. The van der Waals surface area contributed by atoms with Gasteiger partial charge in [0, 0.05) is 38.6 Å². The van der Waals surface area contributed by atoms with Crippen molar-refractivity contribution in [2.24, 2.45) is 0 Å². The highest BCUT2D eigenvalue weighted by atomic mass is 16.4. The lowest BCUT2D eigenvalue weighted by Gasteiger charge is -2.38. The second kappa shape index (κ2) is 4.81. The van der Waals surface area contributed by atoms with Crippen molar-refractivity contribution in [2.45, 2.75) is 12.6 Å². The zero-order valence-corrected chi connectivity index (χ0v) is 10.3. The van der Waals surface area contributed by atoms with Gasteiger partial charge in [-0.25, -0.2) is 14.5 Å². The molecule has 100 valence electrons. The Labute approximate surface area is 109 Å². The smallest absolute Gasteiger partial charge is 0.358 e. The Balaban J connectivity index is 1.48. The first-order chi connectivity index (χ1) is 9.22. The fourth-order valence-corrected chi connectivity index (χ4v) is 2.12. The van der Waals surface area contributed by atoms with Gasteiger partial charge >= 0.3 is 5.97 Å². The number of carboxylic acid groups (broad SMARTS) is 1. The first kappa shape index (κ1) is 11.8. The van der Waals surface area contributed by atoms with Crippen LogP contribution in [0.15, 0.2) is 24.9 Å². The lowest BCUT2D eigenvalue weighted by molar-refractivity contribution is 0.0690. The molecule has 0 atom stereocenters. The molecule has 1 saturated heterocycles. The third kappa shape index (κ3) is 2.48. The van der Waals surface area contributed by atoms with Gasteiger partial charge in [0.05, 0.1) is 18.6 Å². The van der Waals surface area contributed by atoms with Crippen LogP contribution in [0, 0.1) is 0 Å². The molecule has 0 amide bonds. The van der Waals surface area contributed by atoms with Crippen LogP contribution in [-0.2, 0) is 6.54 Å². The van der Waals surface area contributed by atoms with E-state index < -0.39 is 5.97 Å². The molecule has 2 aromatic rings. The van der Waals surface area contributed by atoms with Crippen LogP contribution < -0.4 is 0 Å². The summed E-state index contributed by atoms with van der Waals surface area (Å²) in [6.07, 6.45) is 6.99. The standard InChI is InChI=1S/C11H14N6O2/c18-11(19)10-7-17(14-13-10)9-5-16(6-9)4-3-15-2-1-12-8-15/h1-2,7-9H,3-6H2,(H,18,19). The summed E-state index contributed by atoms with van der Waals surface area (Å²) in [5, 5.41) is 16.2. The third-order valence-corrected chi connectivity index (χ3v) is 3.28. The molecule has 0 radical (unpaired) electrons. The predicted octanol–water partition coefficient (Wildman–Crippen LogP) is -0.270. The zero-order valence-electron chi connectivity index (χ0n) is 10.3. The van der Waals surface area contributed by atoms with Crippen molar-refractivity contribution in [3.63, 3.8) is 0 Å². The second-order valence-corrected chi connectivity index (χ2v) is 4.60. The molecular weight excluding hydrogens is 248 g/mol. The van der Waals surface area contributed by atoms with Crippen LogP contribution in [0.2, 0.25) is 0 Å². The van der Waals surface area contributed by atoms with E-state index in [1.165, 1.54) is 6.20 Å². The maximum atomic E-state index is 10.7. The van der Waals surface area contributed by atoms with Crippen LogP contribution >= 0.6 is 0 Å². The van der Waals surface area contributed by atoms with Crippen molar-refractivity contribution in [1.82, 2.24) is 29.4 Å².